The van der Waals surface area contributed by atoms with Crippen molar-refractivity contribution < 1.29 is 4.79 Å². The van der Waals surface area contributed by atoms with Crippen LogP contribution in [0.25, 0.3) is 0 Å². The van der Waals surface area contributed by atoms with Gasteiger partial charge in [-0.1, -0.05) is 11.6 Å². The van der Waals surface area contributed by atoms with Crippen molar-refractivity contribution >= 4 is 34.9 Å². The van der Waals surface area contributed by atoms with E-state index in [1.807, 2.05) is 0 Å². The summed E-state index contributed by atoms with van der Waals surface area (Å²) in [5, 5.41) is 2.42. The minimum Gasteiger partial charge on any atom is -0.312 e. The molecule has 0 saturated carbocycles. The van der Waals surface area contributed by atoms with Crippen molar-refractivity contribution in [1.82, 2.24) is 19.9 Å². The second-order valence-electron chi connectivity index (χ2n) is 2.96. The summed E-state index contributed by atoms with van der Waals surface area (Å²) < 4.78 is 0. The van der Waals surface area contributed by atoms with Crippen LogP contribution in [0, 0.1) is 0 Å². The highest BCUT2D eigenvalue weighted by molar-refractivity contribution is 6.32. The third kappa shape index (κ3) is 2.83. The lowest BCUT2D eigenvalue weighted by Crippen LogP contribution is -2.15. The molecule has 1 amide bonds. The van der Waals surface area contributed by atoms with Gasteiger partial charge in [0, 0.05) is 12.3 Å². The summed E-state index contributed by atoms with van der Waals surface area (Å²) in [6, 6.07) is 1.33. The van der Waals surface area contributed by atoms with Crippen LogP contribution < -0.4 is 11.0 Å². The number of aromatic amines is 2. The van der Waals surface area contributed by atoms with Crippen LogP contribution in [-0.2, 0) is 0 Å². The fourth-order valence-electron chi connectivity index (χ4n) is 1.09. The number of rotatable bonds is 2. The van der Waals surface area contributed by atoms with Gasteiger partial charge in [-0.15, -0.1) is 0 Å². The van der Waals surface area contributed by atoms with Crippen molar-refractivity contribution in [3.8, 4) is 0 Å². The maximum absolute atomic E-state index is 11.6. The summed E-state index contributed by atoms with van der Waals surface area (Å²) in [6.07, 6.45) is 1.24. The molecule has 0 unspecified atom stereocenters. The first-order valence-electron chi connectivity index (χ1n) is 4.34. The Bertz CT molecular complexity index is 600. The van der Waals surface area contributed by atoms with Crippen LogP contribution in [-0.4, -0.2) is 25.8 Å². The van der Waals surface area contributed by atoms with Gasteiger partial charge >= 0.3 is 5.69 Å². The van der Waals surface area contributed by atoms with E-state index in [-0.39, 0.29) is 21.9 Å². The normalized spacial score (nSPS) is 10.2. The molecule has 0 fully saturated rings. The van der Waals surface area contributed by atoms with Gasteiger partial charge in [0.2, 0.25) is 5.28 Å². The summed E-state index contributed by atoms with van der Waals surface area (Å²) in [4.78, 5) is 34.4. The topological polar surface area (TPSA) is 104 Å². The Morgan fingerprint density at radius 2 is 2.12 bits per heavy atom. The summed E-state index contributed by atoms with van der Waals surface area (Å²) in [7, 11) is 0. The number of carbonyl (C=O) groups excluding carboxylic acids is 1. The molecule has 0 aliphatic heterocycles. The lowest BCUT2D eigenvalue weighted by Gasteiger charge is -2.02. The van der Waals surface area contributed by atoms with Crippen LogP contribution in [0.1, 0.15) is 10.5 Å². The molecule has 0 radical (unpaired) electrons. The molecule has 0 atom stereocenters. The third-order valence-electron chi connectivity index (χ3n) is 1.75. The number of hydrogen-bond donors (Lipinski definition) is 3. The van der Waals surface area contributed by atoms with Crippen molar-refractivity contribution in [2.75, 3.05) is 5.32 Å². The fraction of sp³-hybridized carbons (Fsp3) is 0. The highest BCUT2D eigenvalue weighted by Crippen LogP contribution is 2.14. The first-order chi connectivity index (χ1) is 8.04. The van der Waals surface area contributed by atoms with Crippen molar-refractivity contribution in [2.24, 2.45) is 0 Å². The van der Waals surface area contributed by atoms with E-state index in [1.54, 1.807) is 0 Å². The van der Waals surface area contributed by atoms with Crippen molar-refractivity contribution in [3.63, 3.8) is 0 Å². The standard InChI is InChI=1S/C8H5Cl2N5O2/c9-4-1-5(15-7(10)13-4)14-6(16)3-2-11-8(17)12-3/h1-2H,(H2,11,12,17)(H,13,14,15,16). The number of halogens is 2. The number of anilines is 1. The molecule has 2 heterocycles. The second kappa shape index (κ2) is 4.56. The molecule has 0 bridgehead atoms. The average Bonchev–Trinajstić information content (AvgIpc) is 2.63. The SMILES string of the molecule is O=C(Nc1cc(Cl)nc(Cl)n1)c1c[nH]c(=O)[nH]1. The highest BCUT2D eigenvalue weighted by Gasteiger charge is 2.10. The molecule has 0 aliphatic carbocycles. The van der Waals surface area contributed by atoms with Gasteiger partial charge in [0.15, 0.2) is 0 Å². The van der Waals surface area contributed by atoms with Gasteiger partial charge in [-0.05, 0) is 11.6 Å². The van der Waals surface area contributed by atoms with Gasteiger partial charge in [-0.2, -0.15) is 0 Å². The van der Waals surface area contributed by atoms with Crippen LogP contribution in [0.15, 0.2) is 17.1 Å². The smallest absolute Gasteiger partial charge is 0.312 e. The summed E-state index contributed by atoms with van der Waals surface area (Å²) in [6.45, 7) is 0. The van der Waals surface area contributed by atoms with Crippen molar-refractivity contribution in [3.05, 3.63) is 38.9 Å². The Balaban J connectivity index is 2.21. The highest BCUT2D eigenvalue weighted by atomic mass is 35.5. The fourth-order valence-corrected chi connectivity index (χ4v) is 1.50. The maximum atomic E-state index is 11.6. The molecule has 88 valence electrons. The lowest BCUT2D eigenvalue weighted by molar-refractivity contribution is 0.102. The summed E-state index contributed by atoms with van der Waals surface area (Å²) >= 11 is 11.2. The van der Waals surface area contributed by atoms with Gasteiger partial charge in [-0.25, -0.2) is 14.8 Å². The molecule has 0 saturated heterocycles. The quantitative estimate of drug-likeness (QED) is 0.562. The molecular formula is C8H5Cl2N5O2. The minimum absolute atomic E-state index is 0.0702. The molecule has 2 aromatic heterocycles. The van der Waals surface area contributed by atoms with Gasteiger partial charge in [-0.3, -0.25) is 4.79 Å². The molecule has 17 heavy (non-hydrogen) atoms. The molecular weight excluding hydrogens is 269 g/mol. The third-order valence-corrected chi connectivity index (χ3v) is 2.11. The number of carbonyl (C=O) groups is 1. The first kappa shape index (κ1) is 11.6. The predicted octanol–water partition coefficient (Wildman–Crippen LogP) is 1.05. The Morgan fingerprint density at radius 3 is 2.71 bits per heavy atom. The van der Waals surface area contributed by atoms with Gasteiger partial charge < -0.3 is 15.3 Å². The summed E-state index contributed by atoms with van der Waals surface area (Å²) in [5.74, 6) is -0.406. The molecule has 0 aromatic carbocycles. The maximum Gasteiger partial charge on any atom is 0.323 e. The van der Waals surface area contributed by atoms with E-state index < -0.39 is 11.6 Å². The molecule has 0 aliphatic rings. The van der Waals surface area contributed by atoms with Crippen LogP contribution >= 0.6 is 23.2 Å². The number of hydrogen-bond acceptors (Lipinski definition) is 4. The number of amides is 1. The molecule has 2 rings (SSSR count). The number of nitrogens with zero attached hydrogens (tertiary/aromatic N) is 2. The van der Waals surface area contributed by atoms with Crippen molar-refractivity contribution in [2.45, 2.75) is 0 Å². The van der Waals surface area contributed by atoms with E-state index in [4.69, 9.17) is 23.2 Å². The van der Waals surface area contributed by atoms with E-state index in [0.717, 1.165) is 0 Å². The van der Waals surface area contributed by atoms with Gasteiger partial charge in [0.25, 0.3) is 5.91 Å². The molecule has 7 nitrogen and oxygen atoms in total. The Labute approximate surface area is 104 Å². The average molecular weight is 274 g/mol. The van der Waals surface area contributed by atoms with E-state index in [1.165, 1.54) is 12.3 Å². The Hall–Kier alpha value is -1.86. The Kier molecular flexibility index (Phi) is 3.12. The monoisotopic (exact) mass is 273 g/mol. The molecule has 0 spiro atoms. The van der Waals surface area contributed by atoms with E-state index in [2.05, 4.69) is 25.3 Å². The number of imidazole rings is 1. The largest absolute Gasteiger partial charge is 0.323 e. The second-order valence-corrected chi connectivity index (χ2v) is 3.68. The minimum atomic E-state index is -0.547. The van der Waals surface area contributed by atoms with Crippen LogP contribution in [0.2, 0.25) is 10.4 Å². The zero-order valence-electron chi connectivity index (χ0n) is 8.12. The van der Waals surface area contributed by atoms with Gasteiger partial charge in [0.1, 0.15) is 16.7 Å². The summed E-state index contributed by atoms with van der Waals surface area (Å²) in [5.41, 5.74) is -0.408. The molecule has 3 N–H and O–H groups in total. The van der Waals surface area contributed by atoms with Crippen LogP contribution in [0.4, 0.5) is 5.82 Å². The van der Waals surface area contributed by atoms with E-state index in [0.29, 0.717) is 0 Å². The van der Waals surface area contributed by atoms with Crippen LogP contribution in [0.3, 0.4) is 0 Å². The van der Waals surface area contributed by atoms with Gasteiger partial charge in [0.05, 0.1) is 0 Å². The zero-order valence-corrected chi connectivity index (χ0v) is 9.63. The molecule has 2 aromatic rings. The Morgan fingerprint density at radius 1 is 1.35 bits per heavy atom. The molecule has 9 heteroatoms. The number of H-pyrrole nitrogens is 2. The number of nitrogens with one attached hydrogen (secondary N) is 3. The number of aromatic nitrogens is 4. The van der Waals surface area contributed by atoms with E-state index in [9.17, 15) is 9.59 Å². The predicted molar refractivity (Wildman–Crippen MR) is 61.4 cm³/mol. The zero-order chi connectivity index (χ0) is 12.4. The first-order valence-corrected chi connectivity index (χ1v) is 5.09. The van der Waals surface area contributed by atoms with E-state index >= 15 is 0 Å². The lowest BCUT2D eigenvalue weighted by atomic mass is 10.4. The van der Waals surface area contributed by atoms with Crippen molar-refractivity contribution in [1.29, 1.82) is 0 Å². The van der Waals surface area contributed by atoms with Crippen LogP contribution in [0.5, 0.6) is 0 Å².